The number of nitrogens with one attached hydrogen (secondary N) is 1. The van der Waals surface area contributed by atoms with Crippen LogP contribution in [0.5, 0.6) is 0 Å². The number of rotatable bonds is 11. The van der Waals surface area contributed by atoms with Gasteiger partial charge in [0.25, 0.3) is 0 Å². The van der Waals surface area contributed by atoms with Gasteiger partial charge < -0.3 is 14.8 Å². The van der Waals surface area contributed by atoms with Gasteiger partial charge in [0.1, 0.15) is 0 Å². The number of hydrogen-bond donors (Lipinski definition) is 1. The van der Waals surface area contributed by atoms with Crippen LogP contribution in [0.2, 0.25) is 0 Å². The summed E-state index contributed by atoms with van der Waals surface area (Å²) in [6.07, 6.45) is 0. The Morgan fingerprint density at radius 2 is 1.78 bits per heavy atom. The molecule has 0 radical (unpaired) electrons. The first kappa shape index (κ1) is 18.4. The molecule has 0 amide bonds. The summed E-state index contributed by atoms with van der Waals surface area (Å²) in [5.74, 6) is 0.602. The van der Waals surface area contributed by atoms with E-state index in [1.54, 1.807) is 0 Å². The van der Waals surface area contributed by atoms with Gasteiger partial charge >= 0.3 is 0 Å². The third-order valence-corrected chi connectivity index (χ3v) is 4.28. The van der Waals surface area contributed by atoms with Crippen molar-refractivity contribution in [2.45, 2.75) is 39.8 Å². The number of ether oxygens (including phenoxy) is 2. The molecule has 4 heteroatoms. The highest BCUT2D eigenvalue weighted by molar-refractivity contribution is 5.35. The lowest BCUT2D eigenvalue weighted by atomic mass is 9.99. The van der Waals surface area contributed by atoms with E-state index in [0.29, 0.717) is 19.1 Å². The SMILES string of the molecule is CCNCCOCCOCCN1Cc2ccc(C(C)C)cc2C1. The van der Waals surface area contributed by atoms with Gasteiger partial charge in [-0.05, 0) is 29.2 Å². The summed E-state index contributed by atoms with van der Waals surface area (Å²) in [4.78, 5) is 2.46. The van der Waals surface area contributed by atoms with Gasteiger partial charge in [0.05, 0.1) is 26.4 Å². The Hall–Kier alpha value is -0.940. The molecule has 0 unspecified atom stereocenters. The molecule has 0 bridgehead atoms. The van der Waals surface area contributed by atoms with Crippen molar-refractivity contribution in [1.29, 1.82) is 0 Å². The Kier molecular flexibility index (Phi) is 8.03. The van der Waals surface area contributed by atoms with E-state index in [1.807, 2.05) is 0 Å². The van der Waals surface area contributed by atoms with E-state index in [0.717, 1.165) is 45.9 Å². The lowest BCUT2D eigenvalue weighted by Gasteiger charge is -2.14. The minimum Gasteiger partial charge on any atom is -0.378 e. The predicted octanol–water partition coefficient (Wildman–Crippen LogP) is 2.77. The van der Waals surface area contributed by atoms with Gasteiger partial charge in [0.15, 0.2) is 0 Å². The van der Waals surface area contributed by atoms with Crippen LogP contribution in [0, 0.1) is 0 Å². The Morgan fingerprint density at radius 3 is 2.52 bits per heavy atom. The van der Waals surface area contributed by atoms with Crippen molar-refractivity contribution in [3.8, 4) is 0 Å². The van der Waals surface area contributed by atoms with Gasteiger partial charge in [-0.1, -0.05) is 39.0 Å². The van der Waals surface area contributed by atoms with Crippen molar-refractivity contribution in [3.05, 3.63) is 34.9 Å². The molecule has 0 saturated carbocycles. The van der Waals surface area contributed by atoms with Crippen LogP contribution in [0.4, 0.5) is 0 Å². The highest BCUT2D eigenvalue weighted by atomic mass is 16.5. The van der Waals surface area contributed by atoms with Gasteiger partial charge in [0.2, 0.25) is 0 Å². The van der Waals surface area contributed by atoms with Crippen LogP contribution in [0.1, 0.15) is 43.4 Å². The van der Waals surface area contributed by atoms with Crippen LogP contribution in [0.15, 0.2) is 18.2 Å². The maximum absolute atomic E-state index is 5.68. The largest absolute Gasteiger partial charge is 0.378 e. The van der Waals surface area contributed by atoms with E-state index in [2.05, 4.69) is 49.2 Å². The molecule has 0 atom stereocenters. The molecule has 0 aromatic heterocycles. The normalized spacial score (nSPS) is 14.6. The molecule has 130 valence electrons. The first-order valence-electron chi connectivity index (χ1n) is 8.91. The monoisotopic (exact) mass is 320 g/mol. The molecule has 1 heterocycles. The maximum Gasteiger partial charge on any atom is 0.0701 e. The lowest BCUT2D eigenvalue weighted by molar-refractivity contribution is 0.0392. The molecule has 1 N–H and O–H groups in total. The third kappa shape index (κ3) is 6.22. The second kappa shape index (κ2) is 10.0. The van der Waals surface area contributed by atoms with E-state index >= 15 is 0 Å². The molecule has 1 aliphatic heterocycles. The van der Waals surface area contributed by atoms with Gasteiger partial charge in [-0.2, -0.15) is 0 Å². The number of nitrogens with zero attached hydrogens (tertiary/aromatic N) is 1. The summed E-state index contributed by atoms with van der Waals surface area (Å²) >= 11 is 0. The molecule has 2 rings (SSSR count). The van der Waals surface area contributed by atoms with Crippen LogP contribution < -0.4 is 5.32 Å². The average molecular weight is 320 g/mol. The fourth-order valence-electron chi connectivity index (χ4n) is 2.84. The first-order valence-corrected chi connectivity index (χ1v) is 8.91. The van der Waals surface area contributed by atoms with Crippen LogP contribution in [0.3, 0.4) is 0 Å². The Morgan fingerprint density at radius 1 is 1.04 bits per heavy atom. The topological polar surface area (TPSA) is 33.7 Å². The van der Waals surface area contributed by atoms with Crippen molar-refractivity contribution in [2.75, 3.05) is 46.1 Å². The number of likely N-dealkylation sites (N-methyl/N-ethyl adjacent to an activating group) is 1. The Labute approximate surface area is 141 Å². The summed E-state index contributed by atoms with van der Waals surface area (Å²) in [6.45, 7) is 14.5. The molecule has 1 aromatic rings. The molecule has 0 saturated heterocycles. The highest BCUT2D eigenvalue weighted by Crippen LogP contribution is 2.26. The maximum atomic E-state index is 5.68. The highest BCUT2D eigenvalue weighted by Gasteiger charge is 2.19. The zero-order valence-corrected chi connectivity index (χ0v) is 14.9. The van der Waals surface area contributed by atoms with E-state index < -0.39 is 0 Å². The van der Waals surface area contributed by atoms with Crippen LogP contribution in [-0.2, 0) is 22.6 Å². The zero-order chi connectivity index (χ0) is 16.5. The molecule has 4 nitrogen and oxygen atoms in total. The fraction of sp³-hybridized carbons (Fsp3) is 0.684. The minimum atomic E-state index is 0.602. The van der Waals surface area contributed by atoms with Crippen molar-refractivity contribution < 1.29 is 9.47 Å². The predicted molar refractivity (Wildman–Crippen MR) is 94.8 cm³/mol. The summed E-state index contributed by atoms with van der Waals surface area (Å²) in [5.41, 5.74) is 4.40. The molecular weight excluding hydrogens is 288 g/mol. The third-order valence-electron chi connectivity index (χ3n) is 4.28. The zero-order valence-electron chi connectivity index (χ0n) is 14.9. The Balaban J connectivity index is 1.56. The number of benzene rings is 1. The van der Waals surface area contributed by atoms with Crippen LogP contribution in [-0.4, -0.2) is 51.0 Å². The first-order chi connectivity index (χ1) is 11.2. The van der Waals surface area contributed by atoms with Gasteiger partial charge in [-0.25, -0.2) is 0 Å². The van der Waals surface area contributed by atoms with Gasteiger partial charge in [-0.15, -0.1) is 0 Å². The molecule has 23 heavy (non-hydrogen) atoms. The van der Waals surface area contributed by atoms with Crippen molar-refractivity contribution in [2.24, 2.45) is 0 Å². The van der Waals surface area contributed by atoms with Gasteiger partial charge in [-0.3, -0.25) is 4.90 Å². The second-order valence-electron chi connectivity index (χ2n) is 6.47. The van der Waals surface area contributed by atoms with Crippen molar-refractivity contribution in [1.82, 2.24) is 10.2 Å². The summed E-state index contributed by atoms with van der Waals surface area (Å²) in [5, 5.41) is 3.23. The van der Waals surface area contributed by atoms with E-state index in [4.69, 9.17) is 9.47 Å². The Bertz CT molecular complexity index is 463. The smallest absolute Gasteiger partial charge is 0.0701 e. The molecule has 0 fully saturated rings. The number of hydrogen-bond acceptors (Lipinski definition) is 4. The molecule has 0 aliphatic carbocycles. The van der Waals surface area contributed by atoms with Crippen molar-refractivity contribution in [3.63, 3.8) is 0 Å². The van der Waals surface area contributed by atoms with Crippen LogP contribution >= 0.6 is 0 Å². The summed E-state index contributed by atoms with van der Waals surface area (Å²) in [7, 11) is 0. The molecule has 1 aromatic carbocycles. The average Bonchev–Trinajstić information content (AvgIpc) is 2.95. The summed E-state index contributed by atoms with van der Waals surface area (Å²) in [6, 6.07) is 6.94. The minimum absolute atomic E-state index is 0.602. The van der Waals surface area contributed by atoms with E-state index in [1.165, 1.54) is 16.7 Å². The van der Waals surface area contributed by atoms with E-state index in [-0.39, 0.29) is 0 Å². The lowest BCUT2D eigenvalue weighted by Crippen LogP contribution is -2.23. The summed E-state index contributed by atoms with van der Waals surface area (Å²) < 4.78 is 11.2. The van der Waals surface area contributed by atoms with E-state index in [9.17, 15) is 0 Å². The fourth-order valence-corrected chi connectivity index (χ4v) is 2.84. The van der Waals surface area contributed by atoms with Gasteiger partial charge in [0, 0.05) is 26.2 Å². The molecular formula is C19H32N2O2. The van der Waals surface area contributed by atoms with Crippen LogP contribution in [0.25, 0.3) is 0 Å². The molecule has 1 aliphatic rings. The van der Waals surface area contributed by atoms with Crippen molar-refractivity contribution >= 4 is 0 Å². The quantitative estimate of drug-likeness (QED) is 0.636. The standard InChI is InChI=1S/C19H32N2O2/c1-4-20-7-9-22-11-12-23-10-8-21-14-18-6-5-17(16(2)3)13-19(18)15-21/h5-6,13,16,20H,4,7-12,14-15H2,1-3H3. The second-order valence-corrected chi connectivity index (χ2v) is 6.47. The number of fused-ring (bicyclic) bond motifs is 1. The molecule has 0 spiro atoms.